The molecular weight excluding hydrogens is 264 g/mol. The summed E-state index contributed by atoms with van der Waals surface area (Å²) in [5.74, 6) is 0.912. The van der Waals surface area contributed by atoms with Crippen molar-refractivity contribution in [3.63, 3.8) is 0 Å². The topological polar surface area (TPSA) is 41.6 Å². The van der Waals surface area contributed by atoms with Gasteiger partial charge in [0.2, 0.25) is 0 Å². The number of fused-ring (bicyclic) bond motifs is 1. The minimum absolute atomic E-state index is 0.0191. The highest BCUT2D eigenvalue weighted by Crippen LogP contribution is 2.43. The van der Waals surface area contributed by atoms with Crippen LogP contribution in [0.3, 0.4) is 0 Å². The Kier molecular flexibility index (Phi) is 3.79. The summed E-state index contributed by atoms with van der Waals surface area (Å²) in [6, 6.07) is 4.46. The number of ether oxygens (including phenoxy) is 1. The Bertz CT molecular complexity index is 552. The number of carbonyl (C=O) groups is 1. The molecule has 114 valence electrons. The molecule has 4 nitrogen and oxygen atoms in total. The van der Waals surface area contributed by atoms with Crippen LogP contribution in [0.4, 0.5) is 10.5 Å². The number of aryl methyl sites for hydroxylation is 1. The second kappa shape index (κ2) is 5.58. The van der Waals surface area contributed by atoms with Gasteiger partial charge in [0.25, 0.3) is 0 Å². The first-order chi connectivity index (χ1) is 10.2. The van der Waals surface area contributed by atoms with Crippen LogP contribution in [0.5, 0.6) is 5.75 Å². The summed E-state index contributed by atoms with van der Waals surface area (Å²) < 4.78 is 6.12. The number of hydrogen-bond donors (Lipinski definition) is 1. The lowest BCUT2D eigenvalue weighted by molar-refractivity contribution is 0.204. The maximum absolute atomic E-state index is 12.5. The van der Waals surface area contributed by atoms with Crippen molar-refractivity contribution in [2.24, 2.45) is 0 Å². The number of rotatable bonds is 4. The van der Waals surface area contributed by atoms with E-state index in [1.54, 1.807) is 4.90 Å². The summed E-state index contributed by atoms with van der Waals surface area (Å²) in [6.07, 6.45) is 4.86. The second-order valence-corrected chi connectivity index (χ2v) is 6.03. The maximum atomic E-state index is 12.5. The van der Waals surface area contributed by atoms with E-state index in [0.29, 0.717) is 6.04 Å². The fourth-order valence-corrected chi connectivity index (χ4v) is 2.92. The first-order valence-electron chi connectivity index (χ1n) is 8.04. The molecule has 2 amide bonds. The van der Waals surface area contributed by atoms with Crippen molar-refractivity contribution in [1.82, 2.24) is 5.32 Å². The van der Waals surface area contributed by atoms with Gasteiger partial charge in [-0.15, -0.1) is 0 Å². The highest BCUT2D eigenvalue weighted by Gasteiger charge is 2.38. The normalized spacial score (nSPS) is 20.1. The van der Waals surface area contributed by atoms with E-state index < -0.39 is 0 Å². The van der Waals surface area contributed by atoms with Crippen molar-refractivity contribution in [2.75, 3.05) is 4.90 Å². The average molecular weight is 288 g/mol. The predicted molar refractivity (Wildman–Crippen MR) is 83.9 cm³/mol. The molecule has 1 aromatic rings. The Morgan fingerprint density at radius 3 is 2.76 bits per heavy atom. The van der Waals surface area contributed by atoms with Crippen molar-refractivity contribution in [1.29, 1.82) is 0 Å². The van der Waals surface area contributed by atoms with E-state index in [1.165, 1.54) is 11.1 Å². The molecule has 4 heteroatoms. The molecule has 1 heterocycles. The zero-order valence-electron chi connectivity index (χ0n) is 13.1. The number of amides is 2. The number of carbonyl (C=O) groups excluding carboxylic acids is 1. The molecule has 1 fully saturated rings. The molecule has 0 radical (unpaired) electrons. The van der Waals surface area contributed by atoms with Gasteiger partial charge in [-0.3, -0.25) is 4.90 Å². The third-order valence-electron chi connectivity index (χ3n) is 4.25. The molecule has 1 unspecified atom stereocenters. The lowest BCUT2D eigenvalue weighted by Gasteiger charge is -2.22. The molecule has 1 aliphatic carbocycles. The van der Waals surface area contributed by atoms with Gasteiger partial charge in [0.05, 0.1) is 5.69 Å². The number of nitrogens with one attached hydrogen (secondary N) is 1. The van der Waals surface area contributed by atoms with Crippen molar-refractivity contribution in [3.05, 3.63) is 23.3 Å². The van der Waals surface area contributed by atoms with Gasteiger partial charge in [0.1, 0.15) is 5.75 Å². The van der Waals surface area contributed by atoms with Crippen LogP contribution in [0.1, 0.15) is 50.7 Å². The smallest absolute Gasteiger partial charge is 0.325 e. The van der Waals surface area contributed by atoms with Gasteiger partial charge in [-0.1, -0.05) is 26.3 Å². The van der Waals surface area contributed by atoms with Crippen LogP contribution in [0, 0.1) is 6.92 Å². The van der Waals surface area contributed by atoms with Crippen molar-refractivity contribution < 1.29 is 9.53 Å². The number of hydrogen-bond acceptors (Lipinski definition) is 2. The third kappa shape index (κ3) is 2.59. The van der Waals surface area contributed by atoms with Gasteiger partial charge in [0.15, 0.2) is 6.23 Å². The zero-order chi connectivity index (χ0) is 15.0. The molecule has 3 rings (SSSR count). The number of urea groups is 1. The van der Waals surface area contributed by atoms with Crippen molar-refractivity contribution in [3.8, 4) is 5.75 Å². The van der Waals surface area contributed by atoms with Gasteiger partial charge in [0, 0.05) is 12.5 Å². The van der Waals surface area contributed by atoms with Gasteiger partial charge in [-0.25, -0.2) is 4.79 Å². The molecule has 2 aliphatic rings. The van der Waals surface area contributed by atoms with Gasteiger partial charge >= 0.3 is 6.03 Å². The van der Waals surface area contributed by atoms with Crippen LogP contribution in [0.2, 0.25) is 0 Å². The summed E-state index contributed by atoms with van der Waals surface area (Å²) in [5.41, 5.74) is 3.42. The van der Waals surface area contributed by atoms with E-state index >= 15 is 0 Å². The van der Waals surface area contributed by atoms with Crippen LogP contribution in [-0.4, -0.2) is 18.3 Å². The second-order valence-electron chi connectivity index (χ2n) is 6.03. The van der Waals surface area contributed by atoms with Gasteiger partial charge in [-0.2, -0.15) is 0 Å². The molecule has 1 atom stereocenters. The maximum Gasteiger partial charge on any atom is 0.325 e. The van der Waals surface area contributed by atoms with Crippen LogP contribution in [0.15, 0.2) is 12.1 Å². The summed E-state index contributed by atoms with van der Waals surface area (Å²) in [6.45, 7) is 6.34. The lowest BCUT2D eigenvalue weighted by atomic mass is 10.0. The fourth-order valence-electron chi connectivity index (χ4n) is 2.92. The molecule has 21 heavy (non-hydrogen) atoms. The highest BCUT2D eigenvalue weighted by molar-refractivity contribution is 5.96. The zero-order valence-corrected chi connectivity index (χ0v) is 13.1. The first kappa shape index (κ1) is 14.2. The third-order valence-corrected chi connectivity index (χ3v) is 4.25. The average Bonchev–Trinajstić information content (AvgIpc) is 3.19. The molecule has 1 aliphatic heterocycles. The van der Waals surface area contributed by atoms with Crippen LogP contribution in [0.25, 0.3) is 0 Å². The van der Waals surface area contributed by atoms with E-state index in [4.69, 9.17) is 4.74 Å². The number of anilines is 1. The van der Waals surface area contributed by atoms with E-state index in [1.807, 2.05) is 6.07 Å². The Morgan fingerprint density at radius 1 is 1.38 bits per heavy atom. The number of nitrogens with zero attached hydrogens (tertiary/aromatic N) is 1. The van der Waals surface area contributed by atoms with E-state index in [2.05, 4.69) is 32.2 Å². The molecule has 0 aromatic heterocycles. The highest BCUT2D eigenvalue weighted by atomic mass is 16.5. The Labute approximate surface area is 126 Å². The largest absolute Gasteiger partial charge is 0.468 e. The van der Waals surface area contributed by atoms with Gasteiger partial charge < -0.3 is 10.1 Å². The predicted octanol–water partition coefficient (Wildman–Crippen LogP) is 3.75. The van der Waals surface area contributed by atoms with Crippen molar-refractivity contribution >= 4 is 11.7 Å². The quantitative estimate of drug-likeness (QED) is 0.916. The molecule has 1 saturated carbocycles. The molecule has 0 spiro atoms. The number of benzene rings is 1. The fraction of sp³-hybridized carbons (Fsp3) is 0.588. The minimum atomic E-state index is -0.184. The van der Waals surface area contributed by atoms with E-state index in [9.17, 15) is 4.79 Å². The Morgan fingerprint density at radius 2 is 2.14 bits per heavy atom. The SMILES string of the molecule is CCCc1c(C)ccc2c1OC(CC)N2C(=O)NC1CC1. The molecule has 0 bridgehead atoms. The first-order valence-corrected chi connectivity index (χ1v) is 8.04. The molecular formula is C17H24N2O2. The van der Waals surface area contributed by atoms with Crippen LogP contribution < -0.4 is 15.0 Å². The summed E-state index contributed by atoms with van der Waals surface area (Å²) in [5, 5.41) is 3.07. The van der Waals surface area contributed by atoms with E-state index in [-0.39, 0.29) is 12.3 Å². The monoisotopic (exact) mass is 288 g/mol. The summed E-state index contributed by atoms with van der Waals surface area (Å²) in [4.78, 5) is 14.3. The van der Waals surface area contributed by atoms with E-state index in [0.717, 1.165) is 43.5 Å². The minimum Gasteiger partial charge on any atom is -0.468 e. The lowest BCUT2D eigenvalue weighted by Crippen LogP contribution is -2.46. The van der Waals surface area contributed by atoms with Crippen LogP contribution in [-0.2, 0) is 6.42 Å². The molecule has 0 saturated heterocycles. The molecule has 1 aromatic carbocycles. The van der Waals surface area contributed by atoms with Crippen LogP contribution >= 0.6 is 0 Å². The molecule has 1 N–H and O–H groups in total. The van der Waals surface area contributed by atoms with Gasteiger partial charge in [-0.05, 0) is 43.4 Å². The Hall–Kier alpha value is -1.71. The summed E-state index contributed by atoms with van der Waals surface area (Å²) in [7, 11) is 0. The summed E-state index contributed by atoms with van der Waals surface area (Å²) >= 11 is 0. The Balaban J connectivity index is 1.95. The standard InChI is InChI=1S/C17H24N2O2/c1-4-6-13-11(3)7-10-14-16(13)21-15(5-2)19(14)17(20)18-12-8-9-12/h7,10,12,15H,4-6,8-9H2,1-3H3,(H,18,20). The van der Waals surface area contributed by atoms with Crippen molar-refractivity contribution in [2.45, 2.75) is 65.1 Å².